The van der Waals surface area contributed by atoms with Gasteiger partial charge in [-0.05, 0) is 17.7 Å². The van der Waals surface area contributed by atoms with Crippen molar-refractivity contribution in [2.75, 3.05) is 12.9 Å². The summed E-state index contributed by atoms with van der Waals surface area (Å²) in [6, 6.07) is 5.99. The molecule has 8 heteroatoms. The number of hydroxylamine groups is 1. The Kier molecular flexibility index (Phi) is 5.02. The number of hydrogen-bond donors (Lipinski definition) is 2. The maximum Gasteiger partial charge on any atom is 0.274 e. The largest absolute Gasteiger partial charge is 0.368 e. The summed E-state index contributed by atoms with van der Waals surface area (Å²) >= 11 is 0. The summed E-state index contributed by atoms with van der Waals surface area (Å²) < 4.78 is 22.2. The molecule has 0 atom stereocenters. The number of carbonyl (C=O) groups is 2. The molecule has 0 unspecified atom stereocenters. The van der Waals surface area contributed by atoms with Crippen LogP contribution in [0, 0.1) is 0 Å². The Morgan fingerprint density at radius 2 is 1.84 bits per heavy atom. The van der Waals surface area contributed by atoms with Gasteiger partial charge in [0.1, 0.15) is 0 Å². The van der Waals surface area contributed by atoms with Gasteiger partial charge in [0.05, 0.1) is 5.75 Å². The van der Waals surface area contributed by atoms with Gasteiger partial charge in [0, 0.05) is 11.8 Å². The molecule has 0 fully saturated rings. The number of amides is 2. The first kappa shape index (κ1) is 15.1. The van der Waals surface area contributed by atoms with E-state index in [-0.39, 0.29) is 11.3 Å². The molecule has 0 aliphatic carbocycles. The number of hydrogen-bond acceptors (Lipinski definition) is 5. The van der Waals surface area contributed by atoms with E-state index in [2.05, 4.69) is 4.84 Å². The number of benzene rings is 1. The second kappa shape index (κ2) is 6.30. The maximum atomic E-state index is 11.5. The quantitative estimate of drug-likeness (QED) is 0.676. The van der Waals surface area contributed by atoms with Crippen molar-refractivity contribution < 1.29 is 22.8 Å². The van der Waals surface area contributed by atoms with Crippen LogP contribution in [0.1, 0.15) is 15.9 Å². The Morgan fingerprint density at radius 1 is 1.26 bits per heavy atom. The van der Waals surface area contributed by atoms with E-state index in [9.17, 15) is 18.0 Å². The molecular formula is C11H14N2O5S. The third-order valence-corrected chi connectivity index (χ3v) is 2.88. The van der Waals surface area contributed by atoms with E-state index in [0.717, 1.165) is 6.26 Å². The SMILES string of the molecule is CS(=O)(=O)Cc1ccc(C(=O)NOCC(N)=O)cc1. The molecule has 104 valence electrons. The number of nitrogens with two attached hydrogens (primary N) is 1. The molecule has 3 N–H and O–H groups in total. The van der Waals surface area contributed by atoms with Crippen LogP contribution in [0.25, 0.3) is 0 Å². The van der Waals surface area contributed by atoms with Crippen molar-refractivity contribution >= 4 is 21.7 Å². The molecule has 1 aromatic rings. The zero-order valence-corrected chi connectivity index (χ0v) is 11.1. The van der Waals surface area contributed by atoms with E-state index < -0.39 is 28.3 Å². The molecule has 1 rings (SSSR count). The molecule has 7 nitrogen and oxygen atoms in total. The van der Waals surface area contributed by atoms with Crippen molar-refractivity contribution in [1.29, 1.82) is 0 Å². The van der Waals surface area contributed by atoms with Crippen LogP contribution in [0.3, 0.4) is 0 Å². The van der Waals surface area contributed by atoms with Gasteiger partial charge in [-0.2, -0.15) is 0 Å². The van der Waals surface area contributed by atoms with Crippen LogP contribution in [0.15, 0.2) is 24.3 Å². The fourth-order valence-corrected chi connectivity index (χ4v) is 2.08. The molecular weight excluding hydrogens is 272 g/mol. The molecule has 0 aliphatic heterocycles. The lowest BCUT2D eigenvalue weighted by molar-refractivity contribution is -0.124. The van der Waals surface area contributed by atoms with Crippen LogP contribution in [-0.2, 0) is 25.2 Å². The highest BCUT2D eigenvalue weighted by Gasteiger charge is 2.08. The van der Waals surface area contributed by atoms with Crippen molar-refractivity contribution in [2.45, 2.75) is 5.75 Å². The monoisotopic (exact) mass is 286 g/mol. The van der Waals surface area contributed by atoms with Crippen LogP contribution in [-0.4, -0.2) is 33.1 Å². The molecule has 0 bridgehead atoms. The minimum absolute atomic E-state index is 0.0902. The standard InChI is InChI=1S/C11H14N2O5S/c1-19(16,17)7-8-2-4-9(5-3-8)11(15)13-18-6-10(12)14/h2-5H,6-7H2,1H3,(H2,12,14)(H,13,15). The van der Waals surface area contributed by atoms with E-state index in [1.165, 1.54) is 24.3 Å². The Morgan fingerprint density at radius 3 is 2.32 bits per heavy atom. The summed E-state index contributed by atoms with van der Waals surface area (Å²) in [6.45, 7) is -0.419. The molecule has 0 spiro atoms. The summed E-state index contributed by atoms with van der Waals surface area (Å²) in [6.07, 6.45) is 1.13. The van der Waals surface area contributed by atoms with Gasteiger partial charge in [-0.3, -0.25) is 14.4 Å². The van der Waals surface area contributed by atoms with Gasteiger partial charge in [0.2, 0.25) is 5.91 Å². The summed E-state index contributed by atoms with van der Waals surface area (Å²) in [7, 11) is -3.11. The lowest BCUT2D eigenvalue weighted by Crippen LogP contribution is -2.29. The number of rotatable bonds is 6. The summed E-state index contributed by atoms with van der Waals surface area (Å²) in [5.41, 5.74) is 7.72. The first-order valence-electron chi connectivity index (χ1n) is 5.25. The number of nitrogens with one attached hydrogen (secondary N) is 1. The molecule has 2 amide bonds. The fraction of sp³-hybridized carbons (Fsp3) is 0.273. The minimum atomic E-state index is -3.11. The van der Waals surface area contributed by atoms with Gasteiger partial charge in [-0.25, -0.2) is 13.9 Å². The lowest BCUT2D eigenvalue weighted by atomic mass is 10.1. The van der Waals surface area contributed by atoms with E-state index in [1.54, 1.807) is 0 Å². The van der Waals surface area contributed by atoms with Gasteiger partial charge >= 0.3 is 0 Å². The molecule has 0 aromatic heterocycles. The highest BCUT2D eigenvalue weighted by Crippen LogP contribution is 2.07. The molecule has 19 heavy (non-hydrogen) atoms. The van der Waals surface area contributed by atoms with Crippen molar-refractivity contribution in [3.8, 4) is 0 Å². The first-order valence-corrected chi connectivity index (χ1v) is 7.31. The smallest absolute Gasteiger partial charge is 0.274 e. The molecule has 1 aromatic carbocycles. The lowest BCUT2D eigenvalue weighted by Gasteiger charge is -2.05. The van der Waals surface area contributed by atoms with Crippen LogP contribution < -0.4 is 11.2 Å². The molecule has 0 aliphatic rings. The molecule has 0 radical (unpaired) electrons. The van der Waals surface area contributed by atoms with Gasteiger partial charge < -0.3 is 5.73 Å². The Bertz CT molecular complexity index is 565. The van der Waals surface area contributed by atoms with Gasteiger partial charge in [0.15, 0.2) is 16.4 Å². The van der Waals surface area contributed by atoms with Crippen molar-refractivity contribution in [3.05, 3.63) is 35.4 Å². The van der Waals surface area contributed by atoms with Crippen LogP contribution in [0.4, 0.5) is 0 Å². The minimum Gasteiger partial charge on any atom is -0.368 e. The van der Waals surface area contributed by atoms with Gasteiger partial charge in [-0.15, -0.1) is 0 Å². The molecule has 0 heterocycles. The Balaban J connectivity index is 2.60. The van der Waals surface area contributed by atoms with E-state index in [1.807, 2.05) is 5.48 Å². The maximum absolute atomic E-state index is 11.5. The Hall–Kier alpha value is -1.93. The van der Waals surface area contributed by atoms with Gasteiger partial charge in [-0.1, -0.05) is 12.1 Å². The predicted molar refractivity (Wildman–Crippen MR) is 67.6 cm³/mol. The van der Waals surface area contributed by atoms with E-state index in [4.69, 9.17) is 5.73 Å². The van der Waals surface area contributed by atoms with Crippen molar-refractivity contribution in [3.63, 3.8) is 0 Å². The second-order valence-corrected chi connectivity index (χ2v) is 6.09. The van der Waals surface area contributed by atoms with Gasteiger partial charge in [0.25, 0.3) is 5.91 Å². The number of primary amides is 1. The Labute approximate surface area is 110 Å². The average molecular weight is 286 g/mol. The average Bonchev–Trinajstić information content (AvgIpc) is 2.27. The fourth-order valence-electron chi connectivity index (χ4n) is 1.29. The normalized spacial score (nSPS) is 11.0. The third kappa shape index (κ3) is 5.98. The zero-order chi connectivity index (χ0) is 14.5. The van der Waals surface area contributed by atoms with Crippen molar-refractivity contribution in [1.82, 2.24) is 5.48 Å². The van der Waals surface area contributed by atoms with Crippen molar-refractivity contribution in [2.24, 2.45) is 5.73 Å². The van der Waals surface area contributed by atoms with Crippen LogP contribution in [0.2, 0.25) is 0 Å². The highest BCUT2D eigenvalue weighted by molar-refractivity contribution is 7.89. The second-order valence-electron chi connectivity index (χ2n) is 3.95. The van der Waals surface area contributed by atoms with Crippen LogP contribution in [0.5, 0.6) is 0 Å². The summed E-state index contributed by atoms with van der Waals surface area (Å²) in [4.78, 5) is 26.5. The number of carbonyl (C=O) groups excluding carboxylic acids is 2. The molecule has 0 saturated heterocycles. The zero-order valence-electron chi connectivity index (χ0n) is 10.3. The predicted octanol–water partition coefficient (Wildman–Crippen LogP) is -0.622. The molecule has 0 saturated carbocycles. The summed E-state index contributed by atoms with van der Waals surface area (Å²) in [5, 5.41) is 0. The van der Waals surface area contributed by atoms with E-state index in [0.29, 0.717) is 5.56 Å². The third-order valence-electron chi connectivity index (χ3n) is 2.02. The first-order chi connectivity index (χ1) is 8.78. The summed E-state index contributed by atoms with van der Waals surface area (Å²) in [5.74, 6) is -1.34. The topological polar surface area (TPSA) is 116 Å². The number of sulfone groups is 1. The highest BCUT2D eigenvalue weighted by atomic mass is 32.2. The van der Waals surface area contributed by atoms with Crippen LogP contribution >= 0.6 is 0 Å². The van der Waals surface area contributed by atoms with E-state index >= 15 is 0 Å².